The van der Waals surface area contributed by atoms with Gasteiger partial charge >= 0.3 is 0 Å². The van der Waals surface area contributed by atoms with E-state index < -0.39 is 0 Å². The van der Waals surface area contributed by atoms with E-state index in [0.29, 0.717) is 17.3 Å². The Balaban J connectivity index is 1.98. The number of nitrogens with zero attached hydrogens (tertiary/aromatic N) is 1. The first-order chi connectivity index (χ1) is 9.80. The summed E-state index contributed by atoms with van der Waals surface area (Å²) < 4.78 is 15.7. The van der Waals surface area contributed by atoms with Crippen LogP contribution in [-0.4, -0.2) is 19.4 Å². The second kappa shape index (κ2) is 5.13. The Bertz CT molecular complexity index is 715. The number of rotatable bonds is 4. The Hall–Kier alpha value is -2.69. The predicted octanol–water partition coefficient (Wildman–Crippen LogP) is 3.59. The van der Waals surface area contributed by atoms with Crippen LogP contribution >= 0.6 is 0 Å². The van der Waals surface area contributed by atoms with Gasteiger partial charge in [-0.1, -0.05) is 17.3 Å². The molecule has 102 valence electrons. The van der Waals surface area contributed by atoms with E-state index in [2.05, 4.69) is 10.5 Å². The molecule has 5 nitrogen and oxygen atoms in total. The molecule has 0 saturated heterocycles. The van der Waals surface area contributed by atoms with Crippen LogP contribution in [-0.2, 0) is 0 Å². The van der Waals surface area contributed by atoms with Crippen LogP contribution in [0.2, 0.25) is 0 Å². The molecule has 0 fully saturated rings. The van der Waals surface area contributed by atoms with E-state index in [4.69, 9.17) is 14.0 Å². The Morgan fingerprint density at radius 1 is 1.00 bits per heavy atom. The van der Waals surface area contributed by atoms with Gasteiger partial charge in [-0.25, -0.2) is 0 Å². The van der Waals surface area contributed by atoms with Crippen LogP contribution in [0.5, 0.6) is 11.5 Å². The number of para-hydroxylation sites is 1. The second-order valence-corrected chi connectivity index (χ2v) is 4.25. The van der Waals surface area contributed by atoms with Crippen LogP contribution in [0.3, 0.4) is 0 Å². The summed E-state index contributed by atoms with van der Waals surface area (Å²) in [5, 5.41) is 8.17. The van der Waals surface area contributed by atoms with Gasteiger partial charge in [0.2, 0.25) is 0 Å². The highest BCUT2D eigenvalue weighted by Gasteiger charge is 2.09. The molecule has 0 unspecified atom stereocenters. The number of benzene rings is 2. The van der Waals surface area contributed by atoms with Crippen molar-refractivity contribution in [3.8, 4) is 11.5 Å². The van der Waals surface area contributed by atoms with E-state index in [9.17, 15) is 0 Å². The molecule has 0 atom stereocenters. The number of aromatic nitrogens is 1. The van der Waals surface area contributed by atoms with Gasteiger partial charge in [0.05, 0.1) is 19.6 Å². The van der Waals surface area contributed by atoms with Gasteiger partial charge in [-0.15, -0.1) is 0 Å². The SMILES string of the molecule is COc1cc(Nc2noc3ccccc23)cc(OC)c1. The minimum atomic E-state index is 0.663. The Morgan fingerprint density at radius 2 is 1.70 bits per heavy atom. The highest BCUT2D eigenvalue weighted by molar-refractivity contribution is 5.89. The molecule has 1 N–H and O–H groups in total. The molecule has 3 aromatic rings. The van der Waals surface area contributed by atoms with E-state index in [1.807, 2.05) is 42.5 Å². The fraction of sp³-hybridized carbons (Fsp3) is 0.133. The summed E-state index contributed by atoms with van der Waals surface area (Å²) >= 11 is 0. The summed E-state index contributed by atoms with van der Waals surface area (Å²) in [6.45, 7) is 0. The van der Waals surface area contributed by atoms with Crippen molar-refractivity contribution in [1.29, 1.82) is 0 Å². The Labute approximate surface area is 116 Å². The molecule has 1 aromatic heterocycles. The summed E-state index contributed by atoms with van der Waals surface area (Å²) in [7, 11) is 3.23. The number of fused-ring (bicyclic) bond motifs is 1. The zero-order valence-corrected chi connectivity index (χ0v) is 11.2. The molecule has 20 heavy (non-hydrogen) atoms. The van der Waals surface area contributed by atoms with Gasteiger partial charge in [-0.3, -0.25) is 0 Å². The third-order valence-corrected chi connectivity index (χ3v) is 2.99. The lowest BCUT2D eigenvalue weighted by Gasteiger charge is -2.09. The molecular formula is C15H14N2O3. The number of hydrogen-bond acceptors (Lipinski definition) is 5. The molecule has 5 heteroatoms. The number of ether oxygens (including phenoxy) is 2. The monoisotopic (exact) mass is 270 g/mol. The first kappa shape index (κ1) is 12.3. The summed E-state index contributed by atoms with van der Waals surface area (Å²) in [6.07, 6.45) is 0. The summed E-state index contributed by atoms with van der Waals surface area (Å²) in [5.41, 5.74) is 1.56. The minimum Gasteiger partial charge on any atom is -0.497 e. The summed E-state index contributed by atoms with van der Waals surface area (Å²) in [5.74, 6) is 2.08. The van der Waals surface area contributed by atoms with Crippen LogP contribution in [0.15, 0.2) is 47.0 Å². The topological polar surface area (TPSA) is 56.5 Å². The average Bonchev–Trinajstić information content (AvgIpc) is 2.90. The quantitative estimate of drug-likeness (QED) is 0.785. The number of nitrogens with one attached hydrogen (secondary N) is 1. The molecule has 0 aliphatic carbocycles. The molecule has 1 heterocycles. The third-order valence-electron chi connectivity index (χ3n) is 2.99. The van der Waals surface area contributed by atoms with Crippen LogP contribution in [0, 0.1) is 0 Å². The average molecular weight is 270 g/mol. The maximum absolute atomic E-state index is 5.26. The van der Waals surface area contributed by atoms with Gasteiger partial charge in [-0.05, 0) is 12.1 Å². The summed E-state index contributed by atoms with van der Waals surface area (Å²) in [6, 6.07) is 13.2. The first-order valence-electron chi connectivity index (χ1n) is 6.14. The van der Waals surface area contributed by atoms with Crippen molar-refractivity contribution >= 4 is 22.5 Å². The van der Waals surface area contributed by atoms with Gasteiger partial charge in [0.15, 0.2) is 11.4 Å². The van der Waals surface area contributed by atoms with Gasteiger partial charge < -0.3 is 19.3 Å². The molecule has 0 spiro atoms. The smallest absolute Gasteiger partial charge is 0.181 e. The lowest BCUT2D eigenvalue weighted by molar-refractivity contribution is 0.394. The number of methoxy groups -OCH3 is 2. The van der Waals surface area contributed by atoms with Gasteiger partial charge in [0, 0.05) is 23.9 Å². The molecule has 0 bridgehead atoms. The highest BCUT2D eigenvalue weighted by atomic mass is 16.5. The van der Waals surface area contributed by atoms with Crippen molar-refractivity contribution in [3.05, 3.63) is 42.5 Å². The van der Waals surface area contributed by atoms with Crippen molar-refractivity contribution in [1.82, 2.24) is 5.16 Å². The van der Waals surface area contributed by atoms with Crippen LogP contribution in [0.25, 0.3) is 11.0 Å². The van der Waals surface area contributed by atoms with Gasteiger partial charge in [0.1, 0.15) is 11.5 Å². The van der Waals surface area contributed by atoms with Gasteiger partial charge in [-0.2, -0.15) is 0 Å². The normalized spacial score (nSPS) is 10.5. The first-order valence-corrected chi connectivity index (χ1v) is 6.14. The van der Waals surface area contributed by atoms with E-state index >= 15 is 0 Å². The van der Waals surface area contributed by atoms with E-state index in [1.165, 1.54) is 0 Å². The van der Waals surface area contributed by atoms with Crippen molar-refractivity contribution in [2.75, 3.05) is 19.5 Å². The highest BCUT2D eigenvalue weighted by Crippen LogP contribution is 2.30. The van der Waals surface area contributed by atoms with Crippen molar-refractivity contribution in [3.63, 3.8) is 0 Å². The third kappa shape index (κ3) is 2.25. The fourth-order valence-corrected chi connectivity index (χ4v) is 1.99. The molecule has 0 saturated carbocycles. The van der Waals surface area contributed by atoms with E-state index in [-0.39, 0.29) is 0 Å². The van der Waals surface area contributed by atoms with Crippen molar-refractivity contribution < 1.29 is 14.0 Å². The van der Waals surface area contributed by atoms with Crippen LogP contribution in [0.1, 0.15) is 0 Å². The number of anilines is 2. The molecule has 2 aromatic carbocycles. The van der Waals surface area contributed by atoms with Crippen LogP contribution < -0.4 is 14.8 Å². The lowest BCUT2D eigenvalue weighted by Crippen LogP contribution is -1.94. The molecule has 0 aliphatic rings. The van der Waals surface area contributed by atoms with Crippen molar-refractivity contribution in [2.24, 2.45) is 0 Å². The van der Waals surface area contributed by atoms with Crippen LogP contribution in [0.4, 0.5) is 11.5 Å². The Morgan fingerprint density at radius 3 is 2.40 bits per heavy atom. The zero-order chi connectivity index (χ0) is 13.9. The minimum absolute atomic E-state index is 0.663. The molecule has 0 radical (unpaired) electrons. The van der Waals surface area contributed by atoms with Crippen molar-refractivity contribution in [2.45, 2.75) is 0 Å². The molecular weight excluding hydrogens is 256 g/mol. The summed E-state index contributed by atoms with van der Waals surface area (Å²) in [4.78, 5) is 0. The maximum Gasteiger partial charge on any atom is 0.181 e. The zero-order valence-electron chi connectivity index (χ0n) is 11.2. The standard InChI is InChI=1S/C15H14N2O3/c1-18-11-7-10(8-12(9-11)19-2)16-15-13-5-3-4-6-14(13)20-17-15/h3-9H,1-2H3,(H,16,17). The molecule has 0 amide bonds. The lowest BCUT2D eigenvalue weighted by atomic mass is 10.2. The van der Waals surface area contributed by atoms with Gasteiger partial charge in [0.25, 0.3) is 0 Å². The second-order valence-electron chi connectivity index (χ2n) is 4.25. The molecule has 0 aliphatic heterocycles. The fourth-order valence-electron chi connectivity index (χ4n) is 1.99. The predicted molar refractivity (Wildman–Crippen MR) is 76.8 cm³/mol. The maximum atomic E-state index is 5.26. The van der Waals surface area contributed by atoms with E-state index in [0.717, 1.165) is 16.7 Å². The largest absolute Gasteiger partial charge is 0.497 e. The Kier molecular flexibility index (Phi) is 3.16. The molecule has 3 rings (SSSR count). The number of hydrogen-bond donors (Lipinski definition) is 1. The van der Waals surface area contributed by atoms with E-state index in [1.54, 1.807) is 14.2 Å².